The first-order chi connectivity index (χ1) is 7.47. The fraction of sp³-hybridized carbons (Fsp3) is 1.00. The van der Waals surface area contributed by atoms with Gasteiger partial charge < -0.3 is 4.74 Å². The van der Waals surface area contributed by atoms with Gasteiger partial charge in [0.2, 0.25) is 0 Å². The molecule has 6 atom stereocenters. The lowest BCUT2D eigenvalue weighted by atomic mass is 9.52. The van der Waals surface area contributed by atoms with Crippen LogP contribution in [0.1, 0.15) is 59.8 Å². The van der Waals surface area contributed by atoms with E-state index in [4.69, 9.17) is 4.74 Å². The minimum absolute atomic E-state index is 0.450. The topological polar surface area (TPSA) is 9.23 Å². The van der Waals surface area contributed by atoms with Gasteiger partial charge in [0.05, 0.1) is 12.2 Å². The van der Waals surface area contributed by atoms with Crippen molar-refractivity contribution in [2.45, 2.75) is 72.0 Å². The van der Waals surface area contributed by atoms with Gasteiger partial charge in [0.1, 0.15) is 0 Å². The highest BCUT2D eigenvalue weighted by atomic mass is 16.5. The van der Waals surface area contributed by atoms with E-state index in [0.717, 1.165) is 11.8 Å². The summed E-state index contributed by atoms with van der Waals surface area (Å²) in [5, 5.41) is 0. The Morgan fingerprint density at radius 1 is 1.00 bits per heavy atom. The van der Waals surface area contributed by atoms with Gasteiger partial charge in [-0.1, -0.05) is 27.7 Å². The van der Waals surface area contributed by atoms with Crippen molar-refractivity contribution in [2.24, 2.45) is 22.7 Å². The molecule has 1 heterocycles. The van der Waals surface area contributed by atoms with Crippen molar-refractivity contribution in [3.63, 3.8) is 0 Å². The summed E-state index contributed by atoms with van der Waals surface area (Å²) in [5.74, 6) is 1.64. The van der Waals surface area contributed by atoms with E-state index in [1.54, 1.807) is 0 Å². The first-order valence-electron chi connectivity index (χ1n) is 7.13. The molecule has 0 aromatic carbocycles. The fourth-order valence-electron chi connectivity index (χ4n) is 4.84. The van der Waals surface area contributed by atoms with Crippen LogP contribution in [0.25, 0.3) is 0 Å². The Kier molecular flexibility index (Phi) is 2.25. The standard InChI is InChI=1S/C15H26O/c1-10-5-7-15(4)13(9-10)16-12-6-8-14(15,3)11(12)2/h10-13H,5-9H2,1-4H3/t10-,11-,12-,13-,14+,15+/m1/s1. The molecule has 92 valence electrons. The molecule has 1 heteroatoms. The molecule has 0 N–H and O–H groups in total. The van der Waals surface area contributed by atoms with Crippen molar-refractivity contribution in [1.29, 1.82) is 0 Å². The number of rotatable bonds is 0. The van der Waals surface area contributed by atoms with Crippen molar-refractivity contribution in [2.75, 3.05) is 0 Å². The first kappa shape index (κ1) is 11.1. The summed E-state index contributed by atoms with van der Waals surface area (Å²) in [4.78, 5) is 0. The van der Waals surface area contributed by atoms with Gasteiger partial charge in [0, 0.05) is 0 Å². The van der Waals surface area contributed by atoms with Gasteiger partial charge in [0.15, 0.2) is 0 Å². The number of fused-ring (bicyclic) bond motifs is 4. The van der Waals surface area contributed by atoms with Gasteiger partial charge in [-0.3, -0.25) is 0 Å². The molecule has 0 radical (unpaired) electrons. The Morgan fingerprint density at radius 3 is 2.44 bits per heavy atom. The summed E-state index contributed by atoms with van der Waals surface area (Å²) in [6.07, 6.45) is 7.89. The molecule has 2 bridgehead atoms. The van der Waals surface area contributed by atoms with Gasteiger partial charge in [-0.2, -0.15) is 0 Å². The number of ether oxygens (including phenoxy) is 1. The van der Waals surface area contributed by atoms with E-state index in [9.17, 15) is 0 Å². The molecule has 0 aromatic heterocycles. The largest absolute Gasteiger partial charge is 0.374 e. The molecule has 3 rings (SSSR count). The third-order valence-electron chi connectivity index (χ3n) is 6.64. The predicted molar refractivity (Wildman–Crippen MR) is 66.3 cm³/mol. The van der Waals surface area contributed by atoms with Gasteiger partial charge in [0.25, 0.3) is 0 Å². The zero-order chi connectivity index (χ0) is 11.6. The van der Waals surface area contributed by atoms with Crippen LogP contribution < -0.4 is 0 Å². The van der Waals surface area contributed by atoms with E-state index >= 15 is 0 Å². The second-order valence-electron chi connectivity index (χ2n) is 7.21. The minimum Gasteiger partial charge on any atom is -0.374 e. The molecule has 0 spiro atoms. The van der Waals surface area contributed by atoms with Crippen molar-refractivity contribution < 1.29 is 4.74 Å². The summed E-state index contributed by atoms with van der Waals surface area (Å²) in [7, 11) is 0. The normalized spacial score (nSPS) is 60.8. The van der Waals surface area contributed by atoms with Crippen LogP contribution >= 0.6 is 0 Å². The Balaban J connectivity index is 1.98. The van der Waals surface area contributed by atoms with Crippen molar-refractivity contribution in [1.82, 2.24) is 0 Å². The van der Waals surface area contributed by atoms with Crippen LogP contribution in [0.3, 0.4) is 0 Å². The van der Waals surface area contributed by atoms with E-state index < -0.39 is 0 Å². The lowest BCUT2D eigenvalue weighted by Gasteiger charge is -2.58. The first-order valence-corrected chi connectivity index (χ1v) is 7.13. The maximum absolute atomic E-state index is 6.43. The molecule has 16 heavy (non-hydrogen) atoms. The Hall–Kier alpha value is -0.0400. The van der Waals surface area contributed by atoms with Crippen LogP contribution in [0.4, 0.5) is 0 Å². The maximum atomic E-state index is 6.43. The molecule has 1 saturated heterocycles. The molecular weight excluding hydrogens is 196 g/mol. The van der Waals surface area contributed by atoms with Gasteiger partial charge >= 0.3 is 0 Å². The predicted octanol–water partition coefficient (Wildman–Crippen LogP) is 4.02. The molecule has 1 aliphatic heterocycles. The molecule has 0 unspecified atom stereocenters. The van der Waals surface area contributed by atoms with Crippen LogP contribution in [-0.2, 0) is 4.74 Å². The summed E-state index contributed by atoms with van der Waals surface area (Å²) < 4.78 is 6.43. The minimum atomic E-state index is 0.450. The lowest BCUT2D eigenvalue weighted by Crippen LogP contribution is -2.57. The van der Waals surface area contributed by atoms with Crippen LogP contribution in [0, 0.1) is 22.7 Å². The van der Waals surface area contributed by atoms with Gasteiger partial charge in [-0.15, -0.1) is 0 Å². The quantitative estimate of drug-likeness (QED) is 0.601. The second-order valence-corrected chi connectivity index (χ2v) is 7.21. The van der Waals surface area contributed by atoms with Crippen molar-refractivity contribution in [3.8, 4) is 0 Å². The average molecular weight is 222 g/mol. The molecule has 3 aliphatic rings. The molecule has 1 nitrogen and oxygen atoms in total. The van der Waals surface area contributed by atoms with E-state index in [1.165, 1.54) is 32.1 Å². The molecular formula is C15H26O. The van der Waals surface area contributed by atoms with E-state index in [-0.39, 0.29) is 0 Å². The van der Waals surface area contributed by atoms with Crippen molar-refractivity contribution >= 4 is 0 Å². The smallest absolute Gasteiger partial charge is 0.0640 e. The van der Waals surface area contributed by atoms with E-state index in [0.29, 0.717) is 23.0 Å². The number of hydrogen-bond donors (Lipinski definition) is 0. The van der Waals surface area contributed by atoms with Crippen molar-refractivity contribution in [3.05, 3.63) is 0 Å². The van der Waals surface area contributed by atoms with Crippen LogP contribution in [-0.4, -0.2) is 12.2 Å². The number of hydrogen-bond acceptors (Lipinski definition) is 1. The van der Waals surface area contributed by atoms with Crippen LogP contribution in [0.15, 0.2) is 0 Å². The third-order valence-corrected chi connectivity index (χ3v) is 6.64. The highest BCUT2D eigenvalue weighted by molar-refractivity contribution is 5.10. The molecule has 3 fully saturated rings. The zero-order valence-corrected chi connectivity index (χ0v) is 11.3. The molecule has 2 aliphatic carbocycles. The maximum Gasteiger partial charge on any atom is 0.0640 e. The second kappa shape index (κ2) is 3.25. The molecule has 0 aromatic rings. The van der Waals surface area contributed by atoms with Gasteiger partial charge in [-0.25, -0.2) is 0 Å². The van der Waals surface area contributed by atoms with E-state index in [1.807, 2.05) is 0 Å². The summed E-state index contributed by atoms with van der Waals surface area (Å²) in [5.41, 5.74) is 0.993. The third kappa shape index (κ3) is 1.16. The highest BCUT2D eigenvalue weighted by Crippen LogP contribution is 2.65. The fourth-order valence-corrected chi connectivity index (χ4v) is 4.84. The highest BCUT2D eigenvalue weighted by Gasteiger charge is 2.62. The van der Waals surface area contributed by atoms with E-state index in [2.05, 4.69) is 27.7 Å². The molecule has 0 amide bonds. The Bertz CT molecular complexity index is 300. The zero-order valence-electron chi connectivity index (χ0n) is 11.3. The van der Waals surface area contributed by atoms with Crippen LogP contribution in [0.5, 0.6) is 0 Å². The lowest BCUT2D eigenvalue weighted by molar-refractivity contribution is -0.210. The van der Waals surface area contributed by atoms with Gasteiger partial charge in [-0.05, 0) is 54.8 Å². The molecule has 2 saturated carbocycles. The monoisotopic (exact) mass is 222 g/mol. The average Bonchev–Trinajstić information content (AvgIpc) is 2.46. The Morgan fingerprint density at radius 2 is 1.69 bits per heavy atom. The SMILES string of the molecule is C[C@@H]1CC[C@@]2(C)[C@@H](C1)O[C@@H]1CC[C@@]2(C)[C@@H]1C. The summed E-state index contributed by atoms with van der Waals surface area (Å²) in [6, 6.07) is 0. The summed E-state index contributed by atoms with van der Waals surface area (Å²) >= 11 is 0. The van der Waals surface area contributed by atoms with Crippen LogP contribution in [0.2, 0.25) is 0 Å². The summed E-state index contributed by atoms with van der Waals surface area (Å²) in [6.45, 7) is 9.88. The Labute approximate surface area is 99.9 Å².